The number of aryl methyl sites for hydroxylation is 1. The normalized spacial score (nSPS) is 17.8. The predicted octanol–water partition coefficient (Wildman–Crippen LogP) is 1.80. The number of benzene rings is 1. The zero-order valence-corrected chi connectivity index (χ0v) is 13.2. The molecule has 1 fully saturated rings. The van der Waals surface area contributed by atoms with Crippen molar-refractivity contribution in [3.63, 3.8) is 0 Å². The second-order valence-electron chi connectivity index (χ2n) is 5.91. The summed E-state index contributed by atoms with van der Waals surface area (Å²) in [5.74, 6) is -3.46. The molecule has 6 nitrogen and oxygen atoms in total. The number of carbonyl (C=O) groups is 1. The number of phenols is 1. The van der Waals surface area contributed by atoms with Gasteiger partial charge in [-0.1, -0.05) is 0 Å². The molecule has 1 amide bonds. The summed E-state index contributed by atoms with van der Waals surface area (Å²) in [5.41, 5.74) is 0.419. The van der Waals surface area contributed by atoms with Crippen LogP contribution in [0.5, 0.6) is 5.75 Å². The third-order valence-electron chi connectivity index (χ3n) is 4.07. The van der Waals surface area contributed by atoms with E-state index in [1.54, 1.807) is 10.9 Å². The first kappa shape index (κ1) is 16.2. The Bertz CT molecular complexity index is 739. The van der Waals surface area contributed by atoms with Crippen LogP contribution < -0.4 is 10.2 Å². The second-order valence-corrected chi connectivity index (χ2v) is 5.91. The zero-order valence-electron chi connectivity index (χ0n) is 13.2. The van der Waals surface area contributed by atoms with Gasteiger partial charge in [-0.2, -0.15) is 5.10 Å². The van der Waals surface area contributed by atoms with Gasteiger partial charge in [-0.3, -0.25) is 9.48 Å². The van der Waals surface area contributed by atoms with Gasteiger partial charge < -0.3 is 15.3 Å². The quantitative estimate of drug-likeness (QED) is 0.897. The van der Waals surface area contributed by atoms with Gasteiger partial charge in [0, 0.05) is 44.5 Å². The number of piperidine rings is 1. The molecular weight excluding hydrogens is 318 g/mol. The molecule has 1 atom stereocenters. The van der Waals surface area contributed by atoms with Crippen molar-refractivity contribution in [2.24, 2.45) is 7.05 Å². The zero-order chi connectivity index (χ0) is 17.3. The van der Waals surface area contributed by atoms with Crippen molar-refractivity contribution in [1.82, 2.24) is 15.1 Å². The number of nitrogens with one attached hydrogen (secondary N) is 1. The Kier molecular flexibility index (Phi) is 4.37. The Morgan fingerprint density at radius 1 is 1.42 bits per heavy atom. The van der Waals surface area contributed by atoms with E-state index < -0.39 is 28.9 Å². The number of rotatable bonds is 3. The largest absolute Gasteiger partial charge is 0.507 e. The maximum Gasteiger partial charge on any atom is 0.258 e. The Labute approximate surface area is 137 Å². The summed E-state index contributed by atoms with van der Waals surface area (Å²) in [4.78, 5) is 14.3. The number of aromatic hydroxyl groups is 1. The third-order valence-corrected chi connectivity index (χ3v) is 4.07. The maximum atomic E-state index is 13.8. The average Bonchev–Trinajstić information content (AvgIpc) is 2.93. The summed E-state index contributed by atoms with van der Waals surface area (Å²) in [6, 6.07) is 1.11. The van der Waals surface area contributed by atoms with Crippen molar-refractivity contribution < 1.29 is 18.7 Å². The van der Waals surface area contributed by atoms with Crippen LogP contribution in [-0.2, 0) is 7.05 Å². The smallest absolute Gasteiger partial charge is 0.258 e. The fourth-order valence-electron chi connectivity index (χ4n) is 2.94. The summed E-state index contributed by atoms with van der Waals surface area (Å²) in [6.45, 7) is 1.40. The van der Waals surface area contributed by atoms with Crippen molar-refractivity contribution in [3.05, 3.63) is 41.7 Å². The SMILES string of the molecule is Cn1cc(N2CCC[C@@H](NC(=O)c3c(O)cc(F)cc3F)C2)cn1. The Balaban J connectivity index is 1.70. The summed E-state index contributed by atoms with van der Waals surface area (Å²) in [6.07, 6.45) is 5.23. The van der Waals surface area contributed by atoms with Gasteiger partial charge in [0.15, 0.2) is 0 Å². The van der Waals surface area contributed by atoms with E-state index in [9.17, 15) is 18.7 Å². The number of carbonyl (C=O) groups excluding carboxylic acids is 1. The Morgan fingerprint density at radius 2 is 2.21 bits per heavy atom. The van der Waals surface area contributed by atoms with E-state index in [1.165, 1.54) is 0 Å². The summed E-state index contributed by atoms with van der Waals surface area (Å²) < 4.78 is 28.5. The van der Waals surface area contributed by atoms with Crippen LogP contribution in [0.1, 0.15) is 23.2 Å². The molecule has 2 N–H and O–H groups in total. The first-order valence-corrected chi connectivity index (χ1v) is 7.66. The number of amides is 1. The van der Waals surface area contributed by atoms with Crippen LogP contribution in [0.2, 0.25) is 0 Å². The summed E-state index contributed by atoms with van der Waals surface area (Å²) in [5, 5.41) is 16.5. The van der Waals surface area contributed by atoms with E-state index in [1.807, 2.05) is 13.2 Å². The van der Waals surface area contributed by atoms with Gasteiger partial charge in [0.05, 0.1) is 11.9 Å². The van der Waals surface area contributed by atoms with E-state index in [0.717, 1.165) is 31.1 Å². The lowest BCUT2D eigenvalue weighted by molar-refractivity contribution is 0.0926. The molecule has 3 rings (SSSR count). The molecule has 128 valence electrons. The summed E-state index contributed by atoms with van der Waals surface area (Å²) in [7, 11) is 1.83. The van der Waals surface area contributed by atoms with Crippen molar-refractivity contribution in [3.8, 4) is 5.75 Å². The predicted molar refractivity (Wildman–Crippen MR) is 83.9 cm³/mol. The number of halogens is 2. The van der Waals surface area contributed by atoms with Gasteiger partial charge in [0.25, 0.3) is 5.91 Å². The van der Waals surface area contributed by atoms with E-state index in [-0.39, 0.29) is 6.04 Å². The molecule has 1 aromatic heterocycles. The van der Waals surface area contributed by atoms with Gasteiger partial charge in [-0.05, 0) is 12.8 Å². The molecule has 1 aromatic carbocycles. The van der Waals surface area contributed by atoms with Crippen LogP contribution in [0.4, 0.5) is 14.5 Å². The Hall–Kier alpha value is -2.64. The molecule has 1 aliphatic rings. The van der Waals surface area contributed by atoms with E-state index in [0.29, 0.717) is 12.6 Å². The molecule has 0 unspecified atom stereocenters. The lowest BCUT2D eigenvalue weighted by Gasteiger charge is -2.33. The first-order valence-electron chi connectivity index (χ1n) is 7.66. The first-order chi connectivity index (χ1) is 11.4. The lowest BCUT2D eigenvalue weighted by Crippen LogP contribution is -2.48. The molecule has 8 heteroatoms. The van der Waals surface area contributed by atoms with Crippen molar-refractivity contribution in [1.29, 1.82) is 0 Å². The number of anilines is 1. The minimum atomic E-state index is -1.08. The van der Waals surface area contributed by atoms with Crippen molar-refractivity contribution in [2.75, 3.05) is 18.0 Å². The van der Waals surface area contributed by atoms with E-state index in [4.69, 9.17) is 0 Å². The van der Waals surface area contributed by atoms with E-state index in [2.05, 4.69) is 15.3 Å². The van der Waals surface area contributed by atoms with Gasteiger partial charge in [0.2, 0.25) is 0 Å². The molecule has 0 aliphatic carbocycles. The maximum absolute atomic E-state index is 13.8. The summed E-state index contributed by atoms with van der Waals surface area (Å²) >= 11 is 0. The molecule has 2 aromatic rings. The molecule has 24 heavy (non-hydrogen) atoms. The standard InChI is InChI=1S/C16H18F2N4O2/c1-21-9-12(7-19-21)22-4-2-3-11(8-22)20-16(24)15-13(18)5-10(17)6-14(15)23/h5-7,9,11,23H,2-4,8H2,1H3,(H,20,24)/t11-/m1/s1. The second kappa shape index (κ2) is 6.46. The lowest BCUT2D eigenvalue weighted by atomic mass is 10.0. The van der Waals surface area contributed by atoms with Crippen LogP contribution in [0.3, 0.4) is 0 Å². The highest BCUT2D eigenvalue weighted by molar-refractivity contribution is 5.97. The van der Waals surface area contributed by atoms with Crippen molar-refractivity contribution >= 4 is 11.6 Å². The minimum absolute atomic E-state index is 0.199. The highest BCUT2D eigenvalue weighted by Gasteiger charge is 2.25. The number of phenolic OH excluding ortho intramolecular Hbond substituents is 1. The molecule has 0 spiro atoms. The topological polar surface area (TPSA) is 70.4 Å². The number of hydrogen-bond donors (Lipinski definition) is 2. The fraction of sp³-hybridized carbons (Fsp3) is 0.375. The van der Waals surface area contributed by atoms with Gasteiger partial charge in [0.1, 0.15) is 22.9 Å². The van der Waals surface area contributed by atoms with Gasteiger partial charge >= 0.3 is 0 Å². The van der Waals surface area contributed by atoms with Crippen molar-refractivity contribution in [2.45, 2.75) is 18.9 Å². The number of hydrogen-bond acceptors (Lipinski definition) is 4. The van der Waals surface area contributed by atoms with Crippen LogP contribution in [0, 0.1) is 11.6 Å². The van der Waals surface area contributed by atoms with Crippen LogP contribution in [0.25, 0.3) is 0 Å². The minimum Gasteiger partial charge on any atom is -0.507 e. The monoisotopic (exact) mass is 336 g/mol. The highest BCUT2D eigenvalue weighted by Crippen LogP contribution is 2.23. The molecule has 2 heterocycles. The molecule has 0 bridgehead atoms. The number of aromatic nitrogens is 2. The number of nitrogens with zero attached hydrogens (tertiary/aromatic N) is 3. The molecule has 0 saturated carbocycles. The molecule has 1 saturated heterocycles. The molecule has 1 aliphatic heterocycles. The third kappa shape index (κ3) is 3.32. The van der Waals surface area contributed by atoms with Gasteiger partial charge in [-0.15, -0.1) is 0 Å². The van der Waals surface area contributed by atoms with Crippen LogP contribution >= 0.6 is 0 Å². The van der Waals surface area contributed by atoms with E-state index >= 15 is 0 Å². The van der Waals surface area contributed by atoms with Crippen LogP contribution in [0.15, 0.2) is 24.5 Å². The highest BCUT2D eigenvalue weighted by atomic mass is 19.1. The Morgan fingerprint density at radius 3 is 2.88 bits per heavy atom. The van der Waals surface area contributed by atoms with Crippen LogP contribution in [-0.4, -0.2) is 39.9 Å². The fourth-order valence-corrected chi connectivity index (χ4v) is 2.94. The van der Waals surface area contributed by atoms with Gasteiger partial charge in [-0.25, -0.2) is 8.78 Å². The average molecular weight is 336 g/mol. The molecular formula is C16H18F2N4O2. The molecule has 0 radical (unpaired) electrons.